The molecule has 1 rings (SSSR count). The molecule has 1 aromatic rings. The van der Waals surface area contributed by atoms with Crippen molar-refractivity contribution in [1.82, 2.24) is 0 Å². The van der Waals surface area contributed by atoms with Crippen molar-refractivity contribution in [1.29, 1.82) is 0 Å². The molecule has 3 N–H and O–H groups in total. The molecule has 1 unspecified atom stereocenters. The van der Waals surface area contributed by atoms with Crippen molar-refractivity contribution < 1.29 is 9.90 Å². The van der Waals surface area contributed by atoms with Gasteiger partial charge in [-0.25, -0.2) is 0 Å². The summed E-state index contributed by atoms with van der Waals surface area (Å²) in [4.78, 5) is 11.1. The number of rotatable bonds is 6. The summed E-state index contributed by atoms with van der Waals surface area (Å²) in [6, 6.07) is 9.74. The third-order valence-corrected chi connectivity index (χ3v) is 3.07. The first kappa shape index (κ1) is 13.7. The lowest BCUT2D eigenvalue weighted by Crippen LogP contribution is -2.38. The highest BCUT2D eigenvalue weighted by atomic mass is 16.4. The summed E-state index contributed by atoms with van der Waals surface area (Å²) >= 11 is 0. The van der Waals surface area contributed by atoms with Gasteiger partial charge in [-0.05, 0) is 17.9 Å². The molecular weight excluding hydrogens is 214 g/mol. The fourth-order valence-electron chi connectivity index (χ4n) is 2.43. The second-order valence-corrected chi connectivity index (χ2v) is 5.02. The maximum Gasteiger partial charge on any atom is 0.304 e. The van der Waals surface area contributed by atoms with Gasteiger partial charge >= 0.3 is 5.97 Å². The molecule has 0 radical (unpaired) electrons. The van der Waals surface area contributed by atoms with E-state index in [0.29, 0.717) is 12.5 Å². The zero-order chi connectivity index (χ0) is 12.9. The number of hydrogen-bond donors (Lipinski definition) is 2. The SMILES string of the molecule is CC(C)CC(CN)(CC(=O)O)c1ccccc1. The van der Waals surface area contributed by atoms with Gasteiger partial charge < -0.3 is 10.8 Å². The smallest absolute Gasteiger partial charge is 0.304 e. The topological polar surface area (TPSA) is 63.3 Å². The van der Waals surface area contributed by atoms with Gasteiger partial charge in [-0.2, -0.15) is 0 Å². The van der Waals surface area contributed by atoms with Gasteiger partial charge in [0.15, 0.2) is 0 Å². The molecule has 0 amide bonds. The van der Waals surface area contributed by atoms with Crippen molar-refractivity contribution in [3.8, 4) is 0 Å². The fraction of sp³-hybridized carbons (Fsp3) is 0.500. The maximum atomic E-state index is 11.1. The van der Waals surface area contributed by atoms with Crippen LogP contribution in [0.5, 0.6) is 0 Å². The van der Waals surface area contributed by atoms with Crippen molar-refractivity contribution in [2.24, 2.45) is 11.7 Å². The minimum Gasteiger partial charge on any atom is -0.481 e. The predicted octanol–water partition coefficient (Wildman–Crippen LogP) is 2.40. The van der Waals surface area contributed by atoms with Crippen LogP contribution >= 0.6 is 0 Å². The van der Waals surface area contributed by atoms with Crippen LogP contribution in [0, 0.1) is 5.92 Å². The van der Waals surface area contributed by atoms with Gasteiger partial charge in [0.25, 0.3) is 0 Å². The van der Waals surface area contributed by atoms with Crippen molar-refractivity contribution in [3.05, 3.63) is 35.9 Å². The van der Waals surface area contributed by atoms with Gasteiger partial charge in [-0.1, -0.05) is 44.2 Å². The fourth-order valence-corrected chi connectivity index (χ4v) is 2.43. The van der Waals surface area contributed by atoms with Gasteiger partial charge in [-0.15, -0.1) is 0 Å². The quantitative estimate of drug-likeness (QED) is 0.795. The molecule has 0 heterocycles. The van der Waals surface area contributed by atoms with Crippen LogP contribution in [-0.2, 0) is 10.2 Å². The van der Waals surface area contributed by atoms with Crippen LogP contribution < -0.4 is 5.73 Å². The van der Waals surface area contributed by atoms with Crippen LogP contribution in [0.15, 0.2) is 30.3 Å². The lowest BCUT2D eigenvalue weighted by molar-refractivity contribution is -0.138. The Kier molecular flexibility index (Phi) is 4.70. The van der Waals surface area contributed by atoms with Gasteiger partial charge in [0.1, 0.15) is 0 Å². The summed E-state index contributed by atoms with van der Waals surface area (Å²) in [5.41, 5.74) is 6.46. The Morgan fingerprint density at radius 1 is 1.35 bits per heavy atom. The van der Waals surface area contributed by atoms with Crippen LogP contribution in [-0.4, -0.2) is 17.6 Å². The minimum absolute atomic E-state index is 0.0890. The molecule has 0 saturated heterocycles. The predicted molar refractivity (Wildman–Crippen MR) is 68.9 cm³/mol. The molecule has 1 atom stereocenters. The van der Waals surface area contributed by atoms with Crippen molar-refractivity contribution in [3.63, 3.8) is 0 Å². The Morgan fingerprint density at radius 2 is 1.94 bits per heavy atom. The average Bonchev–Trinajstić information content (AvgIpc) is 2.28. The number of carboxylic acids is 1. The zero-order valence-corrected chi connectivity index (χ0v) is 10.5. The minimum atomic E-state index is -0.792. The van der Waals surface area contributed by atoms with Gasteiger partial charge in [0, 0.05) is 12.0 Å². The summed E-state index contributed by atoms with van der Waals surface area (Å²) in [5.74, 6) is -0.377. The lowest BCUT2D eigenvalue weighted by Gasteiger charge is -2.33. The van der Waals surface area contributed by atoms with E-state index in [1.807, 2.05) is 30.3 Å². The molecule has 94 valence electrons. The summed E-state index contributed by atoms with van der Waals surface area (Å²) in [7, 11) is 0. The van der Waals surface area contributed by atoms with E-state index >= 15 is 0 Å². The van der Waals surface area contributed by atoms with E-state index in [-0.39, 0.29) is 6.42 Å². The second-order valence-electron chi connectivity index (χ2n) is 5.02. The van der Waals surface area contributed by atoms with Gasteiger partial charge in [-0.3, -0.25) is 4.79 Å². The normalized spacial score (nSPS) is 14.6. The van der Waals surface area contributed by atoms with Crippen LogP contribution in [0.25, 0.3) is 0 Å². The standard InChI is InChI=1S/C14H21NO2/c1-11(2)8-14(10-15,9-13(16)17)12-6-4-3-5-7-12/h3-7,11H,8-10,15H2,1-2H3,(H,16,17). The third kappa shape index (κ3) is 3.56. The highest BCUT2D eigenvalue weighted by Gasteiger charge is 2.34. The van der Waals surface area contributed by atoms with E-state index in [0.717, 1.165) is 12.0 Å². The Hall–Kier alpha value is -1.35. The lowest BCUT2D eigenvalue weighted by atomic mass is 9.72. The number of hydrogen-bond acceptors (Lipinski definition) is 2. The maximum absolute atomic E-state index is 11.1. The van der Waals surface area contributed by atoms with E-state index in [9.17, 15) is 4.79 Å². The molecule has 17 heavy (non-hydrogen) atoms. The number of benzene rings is 1. The summed E-state index contributed by atoms with van der Waals surface area (Å²) in [6.07, 6.45) is 0.880. The Labute approximate surface area is 103 Å². The molecule has 0 fully saturated rings. The average molecular weight is 235 g/mol. The van der Waals surface area contributed by atoms with Gasteiger partial charge in [0.2, 0.25) is 0 Å². The second kappa shape index (κ2) is 5.82. The van der Waals surface area contributed by atoms with Crippen molar-refractivity contribution in [2.75, 3.05) is 6.54 Å². The highest BCUT2D eigenvalue weighted by Crippen LogP contribution is 2.33. The van der Waals surface area contributed by atoms with E-state index < -0.39 is 11.4 Å². The summed E-state index contributed by atoms with van der Waals surface area (Å²) in [6.45, 7) is 4.55. The van der Waals surface area contributed by atoms with Crippen LogP contribution in [0.3, 0.4) is 0 Å². The molecule has 0 aliphatic carbocycles. The first-order valence-electron chi connectivity index (χ1n) is 5.97. The Balaban J connectivity index is 3.10. The summed E-state index contributed by atoms with van der Waals surface area (Å²) in [5, 5.41) is 9.10. The molecule has 0 spiro atoms. The van der Waals surface area contributed by atoms with E-state index in [1.165, 1.54) is 0 Å². The van der Waals surface area contributed by atoms with E-state index in [2.05, 4.69) is 13.8 Å². The number of aliphatic carboxylic acids is 1. The molecular formula is C14H21NO2. The first-order valence-corrected chi connectivity index (χ1v) is 5.97. The number of carbonyl (C=O) groups is 1. The molecule has 3 nitrogen and oxygen atoms in total. The summed E-state index contributed by atoms with van der Waals surface area (Å²) < 4.78 is 0. The van der Waals surface area contributed by atoms with Crippen LogP contribution in [0.2, 0.25) is 0 Å². The molecule has 0 aliphatic rings. The van der Waals surface area contributed by atoms with Crippen molar-refractivity contribution in [2.45, 2.75) is 32.1 Å². The monoisotopic (exact) mass is 235 g/mol. The number of nitrogens with two attached hydrogens (primary N) is 1. The van der Waals surface area contributed by atoms with Crippen LogP contribution in [0.1, 0.15) is 32.3 Å². The highest BCUT2D eigenvalue weighted by molar-refractivity contribution is 5.69. The Morgan fingerprint density at radius 3 is 2.35 bits per heavy atom. The molecule has 0 aliphatic heterocycles. The molecule has 3 heteroatoms. The molecule has 0 saturated carbocycles. The Bertz CT molecular complexity index is 362. The van der Waals surface area contributed by atoms with Gasteiger partial charge in [0.05, 0.1) is 6.42 Å². The van der Waals surface area contributed by atoms with Crippen molar-refractivity contribution >= 4 is 5.97 Å². The van der Waals surface area contributed by atoms with E-state index in [1.54, 1.807) is 0 Å². The first-order chi connectivity index (χ1) is 8.00. The third-order valence-electron chi connectivity index (χ3n) is 3.07. The molecule has 0 aromatic heterocycles. The molecule has 1 aromatic carbocycles. The van der Waals surface area contributed by atoms with E-state index in [4.69, 9.17) is 10.8 Å². The van der Waals surface area contributed by atoms with Crippen LogP contribution in [0.4, 0.5) is 0 Å². The number of carboxylic acid groups (broad SMARTS) is 1. The zero-order valence-electron chi connectivity index (χ0n) is 10.5. The largest absolute Gasteiger partial charge is 0.481 e. The molecule has 0 bridgehead atoms.